The lowest BCUT2D eigenvalue weighted by atomic mass is 9.94. The molecule has 0 bridgehead atoms. The first-order chi connectivity index (χ1) is 9.85. The van der Waals surface area contributed by atoms with Gasteiger partial charge in [0.25, 0.3) is 0 Å². The summed E-state index contributed by atoms with van der Waals surface area (Å²) in [5, 5.41) is 0. The summed E-state index contributed by atoms with van der Waals surface area (Å²) in [6.45, 7) is 8.61. The smallest absolute Gasteiger partial charge is 0.0417 e. The molecule has 0 nitrogen and oxygen atoms in total. The number of hydrogen-bond acceptors (Lipinski definition) is 0. The summed E-state index contributed by atoms with van der Waals surface area (Å²) in [6.07, 6.45) is 22.8. The second-order valence-corrected chi connectivity index (χ2v) is 6.59. The molecule has 0 saturated carbocycles. The molecule has 1 atom stereocenters. The van der Waals surface area contributed by atoms with E-state index in [1.807, 2.05) is 0 Å². The molecule has 0 fully saturated rings. The lowest BCUT2D eigenvalue weighted by molar-refractivity contribution is 0.413. The van der Waals surface area contributed by atoms with Crippen LogP contribution in [0.2, 0.25) is 0 Å². The van der Waals surface area contributed by atoms with Gasteiger partial charge in [0.05, 0.1) is 0 Å². The first kappa shape index (κ1) is 20.0. The van der Waals surface area contributed by atoms with Crippen molar-refractivity contribution in [3.8, 4) is 0 Å². The van der Waals surface area contributed by atoms with Gasteiger partial charge in [0.1, 0.15) is 0 Å². The van der Waals surface area contributed by atoms with Crippen LogP contribution in [0.25, 0.3) is 0 Å². The van der Waals surface area contributed by atoms with Crippen molar-refractivity contribution in [3.63, 3.8) is 0 Å². The van der Waals surface area contributed by atoms with Gasteiger partial charge in [0, 0.05) is 0 Å². The molecule has 0 aliphatic heterocycles. The fourth-order valence-corrected chi connectivity index (χ4v) is 3.12. The summed E-state index contributed by atoms with van der Waals surface area (Å²) in [5.74, 6) is 0.954. The molecule has 0 amide bonds. The lowest BCUT2D eigenvalue weighted by Crippen LogP contribution is -1.98. The van der Waals surface area contributed by atoms with E-state index < -0.39 is 0 Å². The van der Waals surface area contributed by atoms with Crippen LogP contribution >= 0.6 is 0 Å². The average Bonchev–Trinajstić information content (AvgIpc) is 2.47. The van der Waals surface area contributed by atoms with Gasteiger partial charge >= 0.3 is 0 Å². The maximum atomic E-state index is 3.98. The zero-order valence-electron chi connectivity index (χ0n) is 14.6. The van der Waals surface area contributed by atoms with Crippen molar-refractivity contribution in [1.82, 2.24) is 0 Å². The Balaban J connectivity index is 3.09. The summed E-state index contributed by atoms with van der Waals surface area (Å²) in [7, 11) is 0. The number of hydrogen-bond donors (Lipinski definition) is 0. The Bertz CT molecular complexity index is 161. The van der Waals surface area contributed by atoms with Gasteiger partial charge in [-0.25, -0.2) is 0 Å². The van der Waals surface area contributed by atoms with Crippen molar-refractivity contribution < 1.29 is 0 Å². The Hall–Kier alpha value is 0. The van der Waals surface area contributed by atoms with Crippen molar-refractivity contribution in [2.45, 2.75) is 117 Å². The number of unbranched alkanes of at least 4 members (excludes halogenated alkanes) is 11. The van der Waals surface area contributed by atoms with E-state index >= 15 is 0 Å². The van der Waals surface area contributed by atoms with E-state index in [0.29, 0.717) is 0 Å². The molecule has 0 aliphatic carbocycles. The molecule has 0 aromatic rings. The third-order valence-corrected chi connectivity index (χ3v) is 4.66. The quantitative estimate of drug-likeness (QED) is 0.254. The van der Waals surface area contributed by atoms with Gasteiger partial charge in [-0.3, -0.25) is 0 Å². The van der Waals surface area contributed by atoms with Crippen LogP contribution in [0.3, 0.4) is 0 Å². The molecule has 0 rings (SSSR count). The molecule has 0 N–H and O–H groups in total. The van der Waals surface area contributed by atoms with Crippen molar-refractivity contribution in [2.75, 3.05) is 0 Å². The second-order valence-electron chi connectivity index (χ2n) is 6.59. The highest BCUT2D eigenvalue weighted by atomic mass is 14.1. The second kappa shape index (κ2) is 17.1. The molecule has 121 valence electrons. The highest BCUT2D eigenvalue weighted by molar-refractivity contribution is 4.59. The predicted molar refractivity (Wildman–Crippen MR) is 94.1 cm³/mol. The van der Waals surface area contributed by atoms with Gasteiger partial charge in [-0.15, -0.1) is 0 Å². The summed E-state index contributed by atoms with van der Waals surface area (Å²) in [6, 6.07) is 0. The molecule has 0 heteroatoms. The Morgan fingerprint density at radius 1 is 0.600 bits per heavy atom. The van der Waals surface area contributed by atoms with Crippen LogP contribution in [0.5, 0.6) is 0 Å². The van der Waals surface area contributed by atoms with Crippen molar-refractivity contribution >= 4 is 0 Å². The number of rotatable bonds is 16. The minimum Gasteiger partial charge on any atom is -0.0654 e. The highest BCUT2D eigenvalue weighted by Gasteiger charge is 2.04. The Labute approximate surface area is 130 Å². The van der Waals surface area contributed by atoms with Gasteiger partial charge in [0.15, 0.2) is 0 Å². The van der Waals surface area contributed by atoms with Gasteiger partial charge in [0.2, 0.25) is 0 Å². The summed E-state index contributed by atoms with van der Waals surface area (Å²) >= 11 is 0. The molecule has 0 spiro atoms. The van der Waals surface area contributed by atoms with E-state index in [1.165, 1.54) is 96.3 Å². The summed E-state index contributed by atoms with van der Waals surface area (Å²) in [4.78, 5) is 0. The van der Waals surface area contributed by atoms with Crippen LogP contribution in [0, 0.1) is 12.8 Å². The van der Waals surface area contributed by atoms with E-state index in [-0.39, 0.29) is 0 Å². The topological polar surface area (TPSA) is 0 Å². The minimum absolute atomic E-state index is 0.954. The van der Waals surface area contributed by atoms with Crippen LogP contribution in [-0.2, 0) is 0 Å². The molecule has 0 aliphatic rings. The predicted octanol–water partition coefficient (Wildman–Crippen LogP) is 7.72. The monoisotopic (exact) mass is 281 g/mol. The molecule has 0 heterocycles. The zero-order chi connectivity index (χ0) is 14.9. The average molecular weight is 282 g/mol. The molecular formula is C20H41. The Morgan fingerprint density at radius 2 is 1.05 bits per heavy atom. The standard InChI is InChI=1S/C20H41/c1-4-7-8-9-10-11-12-13-14-15-16-17-19-20(6-3)18-5-2/h20H,2,4-19H2,1,3H3. The zero-order valence-corrected chi connectivity index (χ0v) is 14.6. The van der Waals surface area contributed by atoms with Crippen LogP contribution in [0.1, 0.15) is 117 Å². The van der Waals surface area contributed by atoms with Gasteiger partial charge in [-0.1, -0.05) is 124 Å². The third kappa shape index (κ3) is 14.4. The van der Waals surface area contributed by atoms with E-state index in [1.54, 1.807) is 0 Å². The van der Waals surface area contributed by atoms with Crippen molar-refractivity contribution in [3.05, 3.63) is 6.92 Å². The van der Waals surface area contributed by atoms with Crippen molar-refractivity contribution in [1.29, 1.82) is 0 Å². The minimum atomic E-state index is 0.954. The summed E-state index contributed by atoms with van der Waals surface area (Å²) in [5.41, 5.74) is 0. The first-order valence-electron chi connectivity index (χ1n) is 9.64. The van der Waals surface area contributed by atoms with E-state index in [4.69, 9.17) is 0 Å². The Kier molecular flexibility index (Phi) is 17.1. The molecular weight excluding hydrogens is 240 g/mol. The lowest BCUT2D eigenvalue weighted by Gasteiger charge is -2.12. The van der Waals surface area contributed by atoms with Gasteiger partial charge in [-0.2, -0.15) is 0 Å². The molecule has 20 heavy (non-hydrogen) atoms. The van der Waals surface area contributed by atoms with E-state index in [0.717, 1.165) is 12.3 Å². The van der Waals surface area contributed by atoms with Crippen LogP contribution < -0.4 is 0 Å². The largest absolute Gasteiger partial charge is 0.0654 e. The molecule has 1 unspecified atom stereocenters. The van der Waals surface area contributed by atoms with E-state index in [9.17, 15) is 0 Å². The highest BCUT2D eigenvalue weighted by Crippen LogP contribution is 2.19. The van der Waals surface area contributed by atoms with E-state index in [2.05, 4.69) is 20.8 Å². The SMILES string of the molecule is [CH2]CCC(CC)CCCCCCCCCCCCCC. The fraction of sp³-hybridized carbons (Fsp3) is 0.950. The maximum absolute atomic E-state index is 3.98. The maximum Gasteiger partial charge on any atom is -0.0417 e. The van der Waals surface area contributed by atoms with Gasteiger partial charge in [-0.05, 0) is 5.92 Å². The van der Waals surface area contributed by atoms with Gasteiger partial charge < -0.3 is 0 Å². The Morgan fingerprint density at radius 3 is 1.45 bits per heavy atom. The van der Waals surface area contributed by atoms with Crippen molar-refractivity contribution in [2.24, 2.45) is 5.92 Å². The normalized spacial score (nSPS) is 12.8. The van der Waals surface area contributed by atoms with Crippen LogP contribution in [-0.4, -0.2) is 0 Å². The molecule has 0 saturated heterocycles. The fourth-order valence-electron chi connectivity index (χ4n) is 3.12. The third-order valence-electron chi connectivity index (χ3n) is 4.66. The molecule has 0 aromatic carbocycles. The molecule has 0 aromatic heterocycles. The molecule has 1 radical (unpaired) electrons. The van der Waals surface area contributed by atoms with Crippen LogP contribution in [0.15, 0.2) is 0 Å². The first-order valence-corrected chi connectivity index (χ1v) is 9.64. The summed E-state index contributed by atoms with van der Waals surface area (Å²) < 4.78 is 0. The van der Waals surface area contributed by atoms with Crippen LogP contribution in [0.4, 0.5) is 0 Å².